The lowest BCUT2D eigenvalue weighted by Crippen LogP contribution is -2.51. The first-order valence-corrected chi connectivity index (χ1v) is 6.91. The van der Waals surface area contributed by atoms with E-state index in [1.165, 1.54) is 11.3 Å². The molecular formula is C11H19N5OS. The van der Waals surface area contributed by atoms with Crippen LogP contribution in [0.2, 0.25) is 0 Å². The second-order valence-electron chi connectivity index (χ2n) is 4.63. The summed E-state index contributed by atoms with van der Waals surface area (Å²) in [5.74, 6) is -0.00398. The van der Waals surface area contributed by atoms with Gasteiger partial charge in [0.15, 0.2) is 0 Å². The van der Waals surface area contributed by atoms with Gasteiger partial charge in [-0.2, -0.15) is 0 Å². The number of aryl methyl sites for hydroxylation is 1. The molecule has 1 amide bonds. The molecule has 100 valence electrons. The van der Waals surface area contributed by atoms with Crippen molar-refractivity contribution in [2.75, 3.05) is 38.5 Å². The number of nitrogens with zero attached hydrogens (tertiary/aromatic N) is 4. The summed E-state index contributed by atoms with van der Waals surface area (Å²) in [5.41, 5.74) is 0. The zero-order valence-corrected chi connectivity index (χ0v) is 11.8. The summed E-state index contributed by atoms with van der Waals surface area (Å²) in [6, 6.07) is -0.122. The molecule has 1 aliphatic heterocycles. The van der Waals surface area contributed by atoms with Crippen LogP contribution in [0.4, 0.5) is 5.13 Å². The van der Waals surface area contributed by atoms with Gasteiger partial charge in [-0.3, -0.25) is 15.0 Å². The standard InChI is InChI=1S/C11H19N5OS/c1-8(16-6-4-15(3)5-7-16)10(17)12-11-14-13-9(2)18-11/h8H,4-7H2,1-3H3,(H,12,14,17). The first kappa shape index (κ1) is 13.4. The fraction of sp³-hybridized carbons (Fsp3) is 0.727. The molecule has 1 aromatic heterocycles. The second kappa shape index (κ2) is 5.73. The Kier molecular flexibility index (Phi) is 4.26. The SMILES string of the molecule is Cc1nnc(NC(=O)C(C)N2CCN(C)CC2)s1. The van der Waals surface area contributed by atoms with Gasteiger partial charge in [-0.1, -0.05) is 11.3 Å². The summed E-state index contributed by atoms with van der Waals surface area (Å²) in [5, 5.41) is 12.1. The average Bonchev–Trinajstić information content (AvgIpc) is 2.75. The quantitative estimate of drug-likeness (QED) is 0.862. The van der Waals surface area contributed by atoms with Gasteiger partial charge in [-0.15, -0.1) is 10.2 Å². The van der Waals surface area contributed by atoms with Gasteiger partial charge in [0.1, 0.15) is 5.01 Å². The van der Waals surface area contributed by atoms with E-state index in [2.05, 4.69) is 32.4 Å². The summed E-state index contributed by atoms with van der Waals surface area (Å²) >= 11 is 1.40. The Morgan fingerprint density at radius 3 is 2.56 bits per heavy atom. The van der Waals surface area contributed by atoms with Gasteiger partial charge in [-0.25, -0.2) is 0 Å². The van der Waals surface area contributed by atoms with E-state index >= 15 is 0 Å². The molecule has 0 bridgehead atoms. The minimum atomic E-state index is -0.122. The highest BCUT2D eigenvalue weighted by atomic mass is 32.1. The molecule has 1 fully saturated rings. The molecule has 7 heteroatoms. The van der Waals surface area contributed by atoms with E-state index < -0.39 is 0 Å². The van der Waals surface area contributed by atoms with Gasteiger partial charge in [0.2, 0.25) is 11.0 Å². The van der Waals surface area contributed by atoms with Crippen molar-refractivity contribution < 1.29 is 4.79 Å². The van der Waals surface area contributed by atoms with Gasteiger partial charge in [-0.05, 0) is 20.9 Å². The second-order valence-corrected chi connectivity index (χ2v) is 5.81. The molecule has 1 unspecified atom stereocenters. The lowest BCUT2D eigenvalue weighted by molar-refractivity contribution is -0.121. The minimum Gasteiger partial charge on any atom is -0.304 e. The maximum absolute atomic E-state index is 12.1. The van der Waals surface area contributed by atoms with Crippen LogP contribution in [0.15, 0.2) is 0 Å². The highest BCUT2D eigenvalue weighted by Gasteiger charge is 2.24. The van der Waals surface area contributed by atoms with Crippen molar-refractivity contribution >= 4 is 22.4 Å². The summed E-state index contributed by atoms with van der Waals surface area (Å²) in [4.78, 5) is 16.5. The normalized spacial score (nSPS) is 19.7. The molecule has 1 N–H and O–H groups in total. The van der Waals surface area contributed by atoms with Crippen molar-refractivity contribution in [2.24, 2.45) is 0 Å². The topological polar surface area (TPSA) is 61.4 Å². The summed E-state index contributed by atoms with van der Waals surface area (Å²) in [7, 11) is 2.10. The van der Waals surface area contributed by atoms with Gasteiger partial charge in [0.25, 0.3) is 0 Å². The van der Waals surface area contributed by atoms with Crippen LogP contribution in [0, 0.1) is 6.92 Å². The number of aromatic nitrogens is 2. The molecule has 0 aromatic carbocycles. The van der Waals surface area contributed by atoms with E-state index in [4.69, 9.17) is 0 Å². The fourth-order valence-electron chi connectivity index (χ4n) is 1.93. The van der Waals surface area contributed by atoms with E-state index in [1.807, 2.05) is 13.8 Å². The number of piperazine rings is 1. The van der Waals surface area contributed by atoms with Crippen LogP contribution in [0.5, 0.6) is 0 Å². The first-order chi connectivity index (χ1) is 8.56. The average molecular weight is 269 g/mol. The summed E-state index contributed by atoms with van der Waals surface area (Å²) < 4.78 is 0. The molecule has 0 spiro atoms. The number of anilines is 1. The van der Waals surface area contributed by atoms with Crippen molar-refractivity contribution in [3.8, 4) is 0 Å². The summed E-state index contributed by atoms with van der Waals surface area (Å²) in [6.45, 7) is 7.69. The van der Waals surface area contributed by atoms with Crippen LogP contribution in [0.3, 0.4) is 0 Å². The number of hydrogen-bond acceptors (Lipinski definition) is 6. The van der Waals surface area contributed by atoms with Crippen molar-refractivity contribution in [1.82, 2.24) is 20.0 Å². The van der Waals surface area contributed by atoms with Crippen LogP contribution in [-0.2, 0) is 4.79 Å². The van der Waals surface area contributed by atoms with Crippen LogP contribution in [-0.4, -0.2) is 65.2 Å². The Bertz CT molecular complexity index is 413. The molecule has 18 heavy (non-hydrogen) atoms. The van der Waals surface area contributed by atoms with Crippen molar-refractivity contribution in [1.29, 1.82) is 0 Å². The molecule has 6 nitrogen and oxygen atoms in total. The molecule has 0 aliphatic carbocycles. The molecule has 1 aromatic rings. The van der Waals surface area contributed by atoms with Gasteiger partial charge in [0.05, 0.1) is 6.04 Å². The van der Waals surface area contributed by atoms with Crippen LogP contribution in [0.25, 0.3) is 0 Å². The van der Waals surface area contributed by atoms with Crippen molar-refractivity contribution in [3.63, 3.8) is 0 Å². The molecule has 2 rings (SSSR count). The number of carbonyl (C=O) groups excluding carboxylic acids is 1. The van der Waals surface area contributed by atoms with E-state index in [-0.39, 0.29) is 11.9 Å². The van der Waals surface area contributed by atoms with E-state index in [0.29, 0.717) is 5.13 Å². The van der Waals surface area contributed by atoms with E-state index in [9.17, 15) is 4.79 Å². The molecule has 1 aliphatic rings. The van der Waals surface area contributed by atoms with Gasteiger partial charge >= 0.3 is 0 Å². The predicted molar refractivity (Wildman–Crippen MR) is 71.8 cm³/mol. The fourth-order valence-corrected chi connectivity index (χ4v) is 2.53. The Labute approximate surface area is 111 Å². The lowest BCUT2D eigenvalue weighted by Gasteiger charge is -2.35. The third-order valence-corrected chi connectivity index (χ3v) is 3.98. The first-order valence-electron chi connectivity index (χ1n) is 6.10. The Morgan fingerprint density at radius 2 is 2.00 bits per heavy atom. The van der Waals surface area contributed by atoms with E-state index in [0.717, 1.165) is 31.2 Å². The monoisotopic (exact) mass is 269 g/mol. The number of rotatable bonds is 3. The number of nitrogens with one attached hydrogen (secondary N) is 1. The smallest absolute Gasteiger partial charge is 0.243 e. The number of carbonyl (C=O) groups is 1. The summed E-state index contributed by atoms with van der Waals surface area (Å²) in [6.07, 6.45) is 0. The highest BCUT2D eigenvalue weighted by Crippen LogP contribution is 2.15. The molecular weight excluding hydrogens is 250 g/mol. The zero-order chi connectivity index (χ0) is 13.1. The van der Waals surface area contributed by atoms with Crippen LogP contribution >= 0.6 is 11.3 Å². The van der Waals surface area contributed by atoms with Crippen LogP contribution in [0.1, 0.15) is 11.9 Å². The number of amides is 1. The zero-order valence-electron chi connectivity index (χ0n) is 11.0. The Balaban J connectivity index is 1.88. The largest absolute Gasteiger partial charge is 0.304 e. The Hall–Kier alpha value is -1.05. The lowest BCUT2D eigenvalue weighted by atomic mass is 10.2. The molecule has 1 atom stereocenters. The Morgan fingerprint density at radius 1 is 1.33 bits per heavy atom. The minimum absolute atomic E-state index is 0.00398. The third kappa shape index (κ3) is 3.24. The molecule has 0 saturated carbocycles. The van der Waals surface area contributed by atoms with Crippen molar-refractivity contribution in [3.05, 3.63) is 5.01 Å². The van der Waals surface area contributed by atoms with Gasteiger partial charge < -0.3 is 4.90 Å². The maximum Gasteiger partial charge on any atom is 0.243 e. The van der Waals surface area contributed by atoms with Crippen molar-refractivity contribution in [2.45, 2.75) is 19.9 Å². The highest BCUT2D eigenvalue weighted by molar-refractivity contribution is 7.15. The van der Waals surface area contributed by atoms with E-state index in [1.54, 1.807) is 0 Å². The molecule has 2 heterocycles. The molecule has 0 radical (unpaired) electrons. The maximum atomic E-state index is 12.1. The number of likely N-dealkylation sites (N-methyl/N-ethyl adjacent to an activating group) is 1. The third-order valence-electron chi connectivity index (χ3n) is 3.22. The number of hydrogen-bond donors (Lipinski definition) is 1. The van der Waals surface area contributed by atoms with Crippen LogP contribution < -0.4 is 5.32 Å². The molecule has 1 saturated heterocycles. The predicted octanol–water partition coefficient (Wildman–Crippen LogP) is 0.421. The van der Waals surface area contributed by atoms with Gasteiger partial charge in [0, 0.05) is 26.2 Å².